The van der Waals surface area contributed by atoms with Gasteiger partial charge in [0.25, 0.3) is 0 Å². The summed E-state index contributed by atoms with van der Waals surface area (Å²) in [4.78, 5) is 6.59. The molecule has 1 aromatic carbocycles. The molecule has 34 heavy (non-hydrogen) atoms. The summed E-state index contributed by atoms with van der Waals surface area (Å²) in [6, 6.07) is 5.66. The van der Waals surface area contributed by atoms with E-state index in [-0.39, 0.29) is 17.7 Å². The van der Waals surface area contributed by atoms with E-state index in [2.05, 4.69) is 14.6 Å². The fraction of sp³-hybridized carbons (Fsp3) is 0.522. The number of anilines is 1. The lowest BCUT2D eigenvalue weighted by Crippen LogP contribution is -2.46. The second-order valence-corrected chi connectivity index (χ2v) is 10.1. The lowest BCUT2D eigenvalue weighted by molar-refractivity contribution is -0.0523. The highest BCUT2D eigenvalue weighted by Gasteiger charge is 2.24. The number of benzene rings is 1. The minimum Gasteiger partial charge on any atom is -0.490 e. The summed E-state index contributed by atoms with van der Waals surface area (Å²) in [5, 5.41) is 0. The predicted molar refractivity (Wildman–Crippen MR) is 127 cm³/mol. The monoisotopic (exact) mass is 493 g/mol. The molecule has 2 aliphatic heterocycles. The number of aromatic nitrogens is 1. The molecule has 0 bridgehead atoms. The van der Waals surface area contributed by atoms with E-state index in [1.807, 2.05) is 12.1 Å². The molecule has 1 N–H and O–H groups in total. The molecule has 0 radical (unpaired) electrons. The molecule has 1 atom stereocenters. The number of nitrogens with zero attached hydrogens (tertiary/aromatic N) is 2. The first kappa shape index (κ1) is 24.7. The van der Waals surface area contributed by atoms with Crippen LogP contribution in [0.3, 0.4) is 0 Å². The lowest BCUT2D eigenvalue weighted by atomic mass is 10.0. The highest BCUT2D eigenvalue weighted by Crippen LogP contribution is 2.37. The maximum absolute atomic E-state index is 11.8. The third-order valence-corrected chi connectivity index (χ3v) is 6.33. The number of hydrogen-bond acceptors (Lipinski definition) is 9. The molecule has 2 aliphatic rings. The first-order chi connectivity index (χ1) is 16.4. The van der Waals surface area contributed by atoms with E-state index >= 15 is 0 Å². The van der Waals surface area contributed by atoms with Crippen molar-refractivity contribution in [2.75, 3.05) is 64.7 Å². The van der Waals surface area contributed by atoms with Crippen LogP contribution in [-0.4, -0.2) is 84.3 Å². The summed E-state index contributed by atoms with van der Waals surface area (Å²) in [6.45, 7) is 5.27. The fourth-order valence-corrected chi connectivity index (χ4v) is 4.63. The first-order valence-electron chi connectivity index (χ1n) is 11.1. The summed E-state index contributed by atoms with van der Waals surface area (Å²) in [5.74, 6) is 0.929. The number of rotatable bonds is 10. The summed E-state index contributed by atoms with van der Waals surface area (Å²) in [6.07, 6.45) is 2.69. The number of methoxy groups -OCH3 is 2. The summed E-state index contributed by atoms with van der Waals surface area (Å²) in [5.41, 5.74) is 3.90. The molecule has 11 heteroatoms. The number of hydrogen-bond donors (Lipinski definition) is 1. The van der Waals surface area contributed by atoms with Gasteiger partial charge in [-0.3, -0.25) is 9.62 Å². The Labute approximate surface area is 200 Å². The molecule has 0 spiro atoms. The van der Waals surface area contributed by atoms with E-state index in [0.29, 0.717) is 33.0 Å². The SMILES string of the molecule is COCCN1CCO[C@@H](COc2cc(-c3cnc(OC)c(NS(C)(=O)=O)c3)cc3c2COC3)C1. The fourth-order valence-electron chi connectivity index (χ4n) is 4.09. The zero-order chi connectivity index (χ0) is 24.1. The first-order valence-corrected chi connectivity index (χ1v) is 13.0. The van der Waals surface area contributed by atoms with Crippen molar-refractivity contribution >= 4 is 15.7 Å². The summed E-state index contributed by atoms with van der Waals surface area (Å²) in [7, 11) is -0.353. The van der Waals surface area contributed by atoms with Crippen molar-refractivity contribution in [2.45, 2.75) is 19.3 Å². The minimum atomic E-state index is -3.50. The molecule has 0 aliphatic carbocycles. The van der Waals surface area contributed by atoms with Gasteiger partial charge in [0.2, 0.25) is 15.9 Å². The molecule has 1 aromatic heterocycles. The Balaban J connectivity index is 1.55. The van der Waals surface area contributed by atoms with Crippen LogP contribution < -0.4 is 14.2 Å². The van der Waals surface area contributed by atoms with E-state index in [4.69, 9.17) is 23.7 Å². The van der Waals surface area contributed by atoms with Crippen LogP contribution in [-0.2, 0) is 37.4 Å². The zero-order valence-corrected chi connectivity index (χ0v) is 20.5. The van der Waals surface area contributed by atoms with E-state index in [1.54, 1.807) is 19.4 Å². The quantitative estimate of drug-likeness (QED) is 0.531. The Bertz CT molecular complexity index is 1110. The average molecular weight is 494 g/mol. The van der Waals surface area contributed by atoms with Crippen molar-refractivity contribution in [3.63, 3.8) is 0 Å². The molecule has 10 nitrogen and oxygen atoms in total. The van der Waals surface area contributed by atoms with Gasteiger partial charge in [-0.15, -0.1) is 0 Å². The number of morpholine rings is 1. The van der Waals surface area contributed by atoms with Crippen LogP contribution in [0.4, 0.5) is 5.69 Å². The minimum absolute atomic E-state index is 0.0412. The van der Waals surface area contributed by atoms with Crippen LogP contribution in [0.1, 0.15) is 11.1 Å². The second-order valence-electron chi connectivity index (χ2n) is 8.36. The molecule has 3 heterocycles. The van der Waals surface area contributed by atoms with Crippen molar-refractivity contribution in [3.8, 4) is 22.8 Å². The van der Waals surface area contributed by atoms with Crippen LogP contribution in [0.25, 0.3) is 11.1 Å². The maximum Gasteiger partial charge on any atom is 0.238 e. The standard InChI is InChI=1S/C23H31N3O7S/c1-29-6-4-26-5-7-32-19(12-26)14-33-22-10-16(8-18-13-31-15-20(18)22)17-9-21(25-34(3,27)28)23(30-2)24-11-17/h8-11,19,25H,4-7,12-15H2,1-3H3/t19-/m1/s1. The van der Waals surface area contributed by atoms with Gasteiger partial charge >= 0.3 is 0 Å². The van der Waals surface area contributed by atoms with Crippen LogP contribution in [0.5, 0.6) is 11.6 Å². The van der Waals surface area contributed by atoms with Crippen LogP contribution in [0, 0.1) is 0 Å². The van der Waals surface area contributed by atoms with Crippen molar-refractivity contribution in [1.82, 2.24) is 9.88 Å². The number of fused-ring (bicyclic) bond motifs is 1. The zero-order valence-electron chi connectivity index (χ0n) is 19.7. The molecule has 186 valence electrons. The van der Waals surface area contributed by atoms with Gasteiger partial charge in [0, 0.05) is 44.1 Å². The molecule has 0 unspecified atom stereocenters. The van der Waals surface area contributed by atoms with Crippen LogP contribution in [0.15, 0.2) is 24.4 Å². The van der Waals surface area contributed by atoms with Crippen molar-refractivity contribution in [1.29, 1.82) is 0 Å². The molecule has 1 saturated heterocycles. The highest BCUT2D eigenvalue weighted by atomic mass is 32.2. The molecule has 4 rings (SSSR count). The topological polar surface area (TPSA) is 108 Å². The van der Waals surface area contributed by atoms with Gasteiger partial charge in [-0.05, 0) is 29.3 Å². The Kier molecular flexibility index (Phi) is 7.89. The Hall–Kier alpha value is -2.44. The number of pyridine rings is 1. The molecule has 0 saturated carbocycles. The van der Waals surface area contributed by atoms with Gasteiger partial charge in [0.1, 0.15) is 24.1 Å². The third-order valence-electron chi connectivity index (χ3n) is 5.74. The second kappa shape index (κ2) is 10.9. The molecule has 1 fully saturated rings. The lowest BCUT2D eigenvalue weighted by Gasteiger charge is -2.32. The van der Waals surface area contributed by atoms with Gasteiger partial charge in [-0.1, -0.05) is 0 Å². The Morgan fingerprint density at radius 1 is 1.21 bits per heavy atom. The Morgan fingerprint density at radius 3 is 2.82 bits per heavy atom. The van der Waals surface area contributed by atoms with E-state index in [9.17, 15) is 8.42 Å². The number of ether oxygens (including phenoxy) is 5. The molecular formula is C23H31N3O7S. The third kappa shape index (κ3) is 6.16. The van der Waals surface area contributed by atoms with E-state index < -0.39 is 10.0 Å². The normalized spacial score (nSPS) is 18.5. The van der Waals surface area contributed by atoms with Gasteiger partial charge in [0.05, 0.1) is 39.8 Å². The average Bonchev–Trinajstić information content (AvgIpc) is 3.29. The summed E-state index contributed by atoms with van der Waals surface area (Å²) >= 11 is 0. The highest BCUT2D eigenvalue weighted by molar-refractivity contribution is 7.92. The largest absolute Gasteiger partial charge is 0.490 e. The summed E-state index contributed by atoms with van der Waals surface area (Å²) < 4.78 is 54.2. The van der Waals surface area contributed by atoms with Gasteiger partial charge < -0.3 is 23.7 Å². The molecular weight excluding hydrogens is 462 g/mol. The smallest absolute Gasteiger partial charge is 0.238 e. The molecule has 2 aromatic rings. The van der Waals surface area contributed by atoms with Gasteiger partial charge in [-0.25, -0.2) is 13.4 Å². The van der Waals surface area contributed by atoms with E-state index in [1.165, 1.54) is 7.11 Å². The number of nitrogens with one attached hydrogen (secondary N) is 1. The van der Waals surface area contributed by atoms with Crippen molar-refractivity contribution < 1.29 is 32.1 Å². The van der Waals surface area contributed by atoms with Crippen LogP contribution in [0.2, 0.25) is 0 Å². The van der Waals surface area contributed by atoms with Crippen LogP contribution >= 0.6 is 0 Å². The van der Waals surface area contributed by atoms with Crippen molar-refractivity contribution in [3.05, 3.63) is 35.5 Å². The van der Waals surface area contributed by atoms with Gasteiger partial charge in [0.15, 0.2) is 0 Å². The Morgan fingerprint density at radius 2 is 2.06 bits per heavy atom. The van der Waals surface area contributed by atoms with Gasteiger partial charge in [-0.2, -0.15) is 0 Å². The molecule has 0 amide bonds. The number of sulfonamides is 1. The predicted octanol–water partition coefficient (Wildman–Crippen LogP) is 1.88. The van der Waals surface area contributed by atoms with E-state index in [0.717, 1.165) is 53.9 Å². The van der Waals surface area contributed by atoms with Crippen molar-refractivity contribution in [2.24, 2.45) is 0 Å². The maximum atomic E-state index is 11.8.